The van der Waals surface area contributed by atoms with Crippen LogP contribution in [0.5, 0.6) is 0 Å². The van der Waals surface area contributed by atoms with Crippen LogP contribution >= 0.6 is 0 Å². The molecular formula is C14H19N3O2. The van der Waals surface area contributed by atoms with Crippen molar-refractivity contribution in [2.75, 3.05) is 7.05 Å². The van der Waals surface area contributed by atoms with E-state index >= 15 is 0 Å². The van der Waals surface area contributed by atoms with E-state index in [0.29, 0.717) is 30.1 Å². The van der Waals surface area contributed by atoms with Gasteiger partial charge < -0.3 is 8.94 Å². The Morgan fingerprint density at radius 2 is 2.16 bits per heavy atom. The Kier molecular flexibility index (Phi) is 3.64. The molecule has 2 heterocycles. The Morgan fingerprint density at radius 1 is 1.32 bits per heavy atom. The Hall–Kier alpha value is -1.62. The summed E-state index contributed by atoms with van der Waals surface area (Å²) >= 11 is 0. The zero-order chi connectivity index (χ0) is 13.1. The van der Waals surface area contributed by atoms with Crippen LogP contribution in [-0.4, -0.2) is 28.1 Å². The predicted octanol–water partition coefficient (Wildman–Crippen LogP) is 3.09. The van der Waals surface area contributed by atoms with Crippen LogP contribution in [0.4, 0.5) is 0 Å². The van der Waals surface area contributed by atoms with Gasteiger partial charge in [0.15, 0.2) is 5.76 Å². The average Bonchev–Trinajstić information content (AvgIpc) is 3.10. The molecule has 0 amide bonds. The van der Waals surface area contributed by atoms with E-state index in [0.717, 1.165) is 0 Å². The molecule has 3 rings (SSSR count). The topological polar surface area (TPSA) is 55.3 Å². The highest BCUT2D eigenvalue weighted by atomic mass is 16.5. The molecule has 0 radical (unpaired) electrons. The molecule has 0 atom stereocenters. The van der Waals surface area contributed by atoms with Crippen LogP contribution in [-0.2, 0) is 6.54 Å². The van der Waals surface area contributed by atoms with Gasteiger partial charge in [0.05, 0.1) is 12.8 Å². The van der Waals surface area contributed by atoms with Gasteiger partial charge in [-0.3, -0.25) is 4.90 Å². The molecule has 19 heavy (non-hydrogen) atoms. The van der Waals surface area contributed by atoms with Gasteiger partial charge >= 0.3 is 0 Å². The molecule has 102 valence electrons. The number of furan rings is 1. The van der Waals surface area contributed by atoms with Crippen LogP contribution in [0.15, 0.2) is 27.3 Å². The van der Waals surface area contributed by atoms with Crippen LogP contribution < -0.4 is 0 Å². The molecule has 2 aromatic heterocycles. The predicted molar refractivity (Wildman–Crippen MR) is 70.3 cm³/mol. The minimum atomic E-state index is 0.525. The molecular weight excluding hydrogens is 242 g/mol. The molecule has 5 heteroatoms. The highest BCUT2D eigenvalue weighted by molar-refractivity contribution is 5.44. The lowest BCUT2D eigenvalue weighted by molar-refractivity contribution is 0.165. The molecule has 5 nitrogen and oxygen atoms in total. The largest absolute Gasteiger partial charge is 0.461 e. The van der Waals surface area contributed by atoms with Gasteiger partial charge in [-0.15, -0.1) is 0 Å². The van der Waals surface area contributed by atoms with Crippen LogP contribution in [0.1, 0.15) is 38.0 Å². The van der Waals surface area contributed by atoms with E-state index in [1.54, 1.807) is 6.26 Å². The summed E-state index contributed by atoms with van der Waals surface area (Å²) in [5.74, 6) is 1.83. The maximum absolute atomic E-state index is 5.29. The third kappa shape index (κ3) is 2.87. The molecule has 1 saturated carbocycles. The summed E-state index contributed by atoms with van der Waals surface area (Å²) in [6.07, 6.45) is 8.19. The quantitative estimate of drug-likeness (QED) is 0.846. The molecule has 0 unspecified atom stereocenters. The van der Waals surface area contributed by atoms with Crippen molar-refractivity contribution in [2.24, 2.45) is 0 Å². The van der Waals surface area contributed by atoms with E-state index in [1.807, 2.05) is 12.1 Å². The zero-order valence-corrected chi connectivity index (χ0v) is 11.2. The molecule has 0 N–H and O–H groups in total. The Balaban J connectivity index is 1.63. The molecule has 1 fully saturated rings. The zero-order valence-electron chi connectivity index (χ0n) is 11.2. The fourth-order valence-electron chi connectivity index (χ4n) is 2.69. The van der Waals surface area contributed by atoms with Crippen molar-refractivity contribution < 1.29 is 8.94 Å². The van der Waals surface area contributed by atoms with Gasteiger partial charge in [-0.2, -0.15) is 4.98 Å². The number of aromatic nitrogens is 2. The Bertz CT molecular complexity index is 501. The first-order chi connectivity index (χ1) is 9.33. The fraction of sp³-hybridized carbons (Fsp3) is 0.571. The summed E-state index contributed by atoms with van der Waals surface area (Å²) in [6.45, 7) is 0.707. The monoisotopic (exact) mass is 261 g/mol. The Morgan fingerprint density at radius 3 is 2.89 bits per heavy atom. The molecule has 0 spiro atoms. The van der Waals surface area contributed by atoms with E-state index < -0.39 is 0 Å². The van der Waals surface area contributed by atoms with Gasteiger partial charge in [-0.1, -0.05) is 24.4 Å². The highest BCUT2D eigenvalue weighted by Crippen LogP contribution is 2.23. The van der Waals surface area contributed by atoms with E-state index in [-0.39, 0.29) is 0 Å². The number of nitrogens with zero attached hydrogens (tertiary/aromatic N) is 3. The van der Waals surface area contributed by atoms with Crippen molar-refractivity contribution in [3.63, 3.8) is 0 Å². The second-order valence-corrected chi connectivity index (χ2v) is 5.20. The molecule has 0 aromatic carbocycles. The van der Waals surface area contributed by atoms with Gasteiger partial charge in [0.1, 0.15) is 0 Å². The second kappa shape index (κ2) is 5.57. The standard InChI is InChI=1S/C14H19N3O2/c1-17(11-6-3-2-4-7-11)10-13-15-14(16-19-13)12-8-5-9-18-12/h5,8-9,11H,2-4,6-7,10H2,1H3. The van der Waals surface area contributed by atoms with Gasteiger partial charge in [0, 0.05) is 6.04 Å². The first-order valence-corrected chi connectivity index (χ1v) is 6.89. The van der Waals surface area contributed by atoms with Crippen molar-refractivity contribution in [1.82, 2.24) is 15.0 Å². The van der Waals surface area contributed by atoms with Gasteiger partial charge in [0.2, 0.25) is 11.7 Å². The van der Waals surface area contributed by atoms with E-state index in [9.17, 15) is 0 Å². The van der Waals surface area contributed by atoms with Crippen molar-refractivity contribution in [2.45, 2.75) is 44.7 Å². The lowest BCUT2D eigenvalue weighted by Gasteiger charge is -2.29. The van der Waals surface area contributed by atoms with E-state index in [1.165, 1.54) is 32.1 Å². The lowest BCUT2D eigenvalue weighted by Crippen LogP contribution is -2.32. The summed E-state index contributed by atoms with van der Waals surface area (Å²) in [6, 6.07) is 4.30. The maximum atomic E-state index is 5.29. The Labute approximate surface area is 112 Å². The van der Waals surface area contributed by atoms with Crippen molar-refractivity contribution >= 4 is 0 Å². The summed E-state index contributed by atoms with van der Waals surface area (Å²) in [4.78, 5) is 6.69. The van der Waals surface area contributed by atoms with Crippen LogP contribution in [0.2, 0.25) is 0 Å². The summed E-state index contributed by atoms with van der Waals surface area (Å²) in [5.41, 5.74) is 0. The smallest absolute Gasteiger partial charge is 0.241 e. The first-order valence-electron chi connectivity index (χ1n) is 6.89. The number of hydrogen-bond acceptors (Lipinski definition) is 5. The van der Waals surface area contributed by atoms with Crippen LogP contribution in [0.25, 0.3) is 11.6 Å². The third-order valence-electron chi connectivity index (χ3n) is 3.79. The molecule has 1 aliphatic rings. The van der Waals surface area contributed by atoms with Crippen molar-refractivity contribution in [3.8, 4) is 11.6 Å². The highest BCUT2D eigenvalue weighted by Gasteiger charge is 2.20. The lowest BCUT2D eigenvalue weighted by atomic mass is 9.94. The summed E-state index contributed by atoms with van der Waals surface area (Å²) < 4.78 is 10.5. The van der Waals surface area contributed by atoms with Crippen molar-refractivity contribution in [1.29, 1.82) is 0 Å². The molecule has 0 saturated heterocycles. The fourth-order valence-corrected chi connectivity index (χ4v) is 2.69. The number of rotatable bonds is 4. The summed E-state index contributed by atoms with van der Waals surface area (Å²) in [7, 11) is 2.13. The van der Waals surface area contributed by atoms with Gasteiger partial charge in [-0.25, -0.2) is 0 Å². The van der Waals surface area contributed by atoms with Gasteiger partial charge in [-0.05, 0) is 32.0 Å². The third-order valence-corrected chi connectivity index (χ3v) is 3.79. The second-order valence-electron chi connectivity index (χ2n) is 5.20. The van der Waals surface area contributed by atoms with E-state index in [4.69, 9.17) is 8.94 Å². The summed E-state index contributed by atoms with van der Waals surface area (Å²) in [5, 5.41) is 3.95. The van der Waals surface area contributed by atoms with Crippen molar-refractivity contribution in [3.05, 3.63) is 24.3 Å². The SMILES string of the molecule is CN(Cc1nc(-c2ccco2)no1)C1CCCCC1. The normalized spacial score (nSPS) is 17.2. The molecule has 2 aromatic rings. The maximum Gasteiger partial charge on any atom is 0.241 e. The molecule has 0 bridgehead atoms. The minimum absolute atomic E-state index is 0.525. The van der Waals surface area contributed by atoms with Gasteiger partial charge in [0.25, 0.3) is 0 Å². The molecule has 1 aliphatic carbocycles. The first kappa shape index (κ1) is 12.4. The minimum Gasteiger partial charge on any atom is -0.461 e. The van der Waals surface area contributed by atoms with Crippen LogP contribution in [0.3, 0.4) is 0 Å². The average molecular weight is 261 g/mol. The van der Waals surface area contributed by atoms with E-state index in [2.05, 4.69) is 22.1 Å². The number of hydrogen-bond donors (Lipinski definition) is 0. The molecule has 0 aliphatic heterocycles. The van der Waals surface area contributed by atoms with Crippen LogP contribution in [0, 0.1) is 0 Å².